The molecule has 0 unspecified atom stereocenters. The fourth-order valence-corrected chi connectivity index (χ4v) is 1.01. The monoisotopic (exact) mass is 190 g/mol. The second-order valence-corrected chi connectivity index (χ2v) is 2.65. The summed E-state index contributed by atoms with van der Waals surface area (Å²) in [4.78, 5) is 3.15. The highest BCUT2D eigenvalue weighted by Gasteiger charge is 2.16. The van der Waals surface area contributed by atoms with Gasteiger partial charge in [0, 0.05) is 12.1 Å². The second-order valence-electron chi connectivity index (χ2n) is 2.65. The highest BCUT2D eigenvalue weighted by molar-refractivity contribution is 5.26. The van der Waals surface area contributed by atoms with Crippen LogP contribution in [0.3, 0.4) is 0 Å². The first kappa shape index (κ1) is 9.98. The number of aromatic nitrogens is 1. The number of pyridine rings is 1. The average molecular weight is 190 g/mol. The molecule has 0 aliphatic heterocycles. The van der Waals surface area contributed by atoms with Crippen molar-refractivity contribution in [1.29, 1.82) is 0 Å². The van der Waals surface area contributed by atoms with E-state index in [4.69, 9.17) is 5.73 Å². The van der Waals surface area contributed by atoms with E-state index in [-0.39, 0.29) is 17.7 Å². The van der Waals surface area contributed by atoms with Gasteiger partial charge < -0.3 is 5.73 Å². The topological polar surface area (TPSA) is 38.9 Å². The van der Waals surface area contributed by atoms with Gasteiger partial charge in [0.1, 0.15) is 5.69 Å². The largest absolute Gasteiger partial charge is 0.326 e. The predicted molar refractivity (Wildman–Crippen MR) is 41.8 cm³/mol. The summed E-state index contributed by atoms with van der Waals surface area (Å²) in [5.41, 5.74) is 5.06. The van der Waals surface area contributed by atoms with Gasteiger partial charge in [-0.1, -0.05) is 0 Å². The summed E-state index contributed by atoms with van der Waals surface area (Å²) in [6, 6.07) is 1.30. The fraction of sp³-hybridized carbons (Fsp3) is 0.375. The molecule has 0 aromatic carbocycles. The molecule has 1 aromatic rings. The maximum atomic E-state index is 12.8. The van der Waals surface area contributed by atoms with Crippen LogP contribution in [0.1, 0.15) is 23.2 Å². The van der Waals surface area contributed by atoms with Crippen molar-refractivity contribution in [1.82, 2.24) is 4.98 Å². The van der Waals surface area contributed by atoms with E-state index < -0.39 is 18.1 Å². The van der Waals surface area contributed by atoms with Gasteiger partial charge in [-0.05, 0) is 18.6 Å². The molecule has 0 aliphatic carbocycles. The third-order valence-electron chi connectivity index (χ3n) is 1.69. The van der Waals surface area contributed by atoms with Crippen molar-refractivity contribution in [3.63, 3.8) is 0 Å². The number of rotatable bonds is 2. The molecule has 13 heavy (non-hydrogen) atoms. The van der Waals surface area contributed by atoms with E-state index in [0.29, 0.717) is 0 Å². The first-order valence-electron chi connectivity index (χ1n) is 3.70. The molecule has 0 saturated heterocycles. The van der Waals surface area contributed by atoms with Crippen molar-refractivity contribution in [3.8, 4) is 0 Å². The fourth-order valence-electron chi connectivity index (χ4n) is 1.01. The first-order valence-corrected chi connectivity index (χ1v) is 3.70. The maximum Gasteiger partial charge on any atom is 0.280 e. The molecule has 1 rings (SSSR count). The Kier molecular flexibility index (Phi) is 2.87. The van der Waals surface area contributed by atoms with E-state index >= 15 is 0 Å². The lowest BCUT2D eigenvalue weighted by Gasteiger charge is -2.07. The molecule has 0 bridgehead atoms. The molecule has 2 nitrogen and oxygen atoms in total. The van der Waals surface area contributed by atoms with Crippen molar-refractivity contribution in [2.45, 2.75) is 19.9 Å². The van der Waals surface area contributed by atoms with Gasteiger partial charge in [0.05, 0.1) is 0 Å². The summed E-state index contributed by atoms with van der Waals surface area (Å²) >= 11 is 0. The average Bonchev–Trinajstić information content (AvgIpc) is 2.08. The first-order chi connectivity index (χ1) is 6.06. The van der Waals surface area contributed by atoms with Crippen molar-refractivity contribution in [3.05, 3.63) is 28.8 Å². The molecular formula is C8H9F3N2. The molecule has 1 aromatic heterocycles. The van der Waals surface area contributed by atoms with E-state index in [1.165, 1.54) is 13.0 Å². The summed E-state index contributed by atoms with van der Waals surface area (Å²) in [6.45, 7) is 1.39. The van der Waals surface area contributed by atoms with E-state index in [1.54, 1.807) is 0 Å². The van der Waals surface area contributed by atoms with Gasteiger partial charge in [-0.2, -0.15) is 4.39 Å². The van der Waals surface area contributed by atoms with Gasteiger partial charge in [0.2, 0.25) is 5.95 Å². The summed E-state index contributed by atoms with van der Waals surface area (Å²) < 4.78 is 37.3. The van der Waals surface area contributed by atoms with E-state index in [0.717, 1.165) is 0 Å². The van der Waals surface area contributed by atoms with Crippen LogP contribution in [-0.4, -0.2) is 4.98 Å². The van der Waals surface area contributed by atoms with E-state index in [1.807, 2.05) is 0 Å². The number of halogens is 3. The quantitative estimate of drug-likeness (QED) is 0.723. The zero-order valence-electron chi connectivity index (χ0n) is 7.02. The molecule has 5 heteroatoms. The lowest BCUT2D eigenvalue weighted by molar-refractivity contribution is 0.143. The van der Waals surface area contributed by atoms with Crippen LogP contribution < -0.4 is 5.73 Å². The van der Waals surface area contributed by atoms with Crippen LogP contribution in [0, 0.1) is 12.9 Å². The van der Waals surface area contributed by atoms with Gasteiger partial charge in [0.25, 0.3) is 6.43 Å². The summed E-state index contributed by atoms with van der Waals surface area (Å²) in [7, 11) is 0. The van der Waals surface area contributed by atoms with Crippen LogP contribution in [0.4, 0.5) is 13.2 Å². The van der Waals surface area contributed by atoms with Crippen LogP contribution in [0.25, 0.3) is 0 Å². The molecule has 0 radical (unpaired) electrons. The van der Waals surface area contributed by atoms with Crippen molar-refractivity contribution >= 4 is 0 Å². The van der Waals surface area contributed by atoms with E-state index in [9.17, 15) is 13.2 Å². The molecule has 0 amide bonds. The minimum atomic E-state index is -2.78. The Bertz CT molecular complexity index is 313. The number of nitrogens with two attached hydrogens (primary N) is 1. The Morgan fingerprint density at radius 2 is 2.15 bits per heavy atom. The molecule has 0 saturated carbocycles. The molecule has 2 N–H and O–H groups in total. The molecule has 0 fully saturated rings. The SMILES string of the molecule is Cc1cc(CN)c(C(F)F)nc1F. The van der Waals surface area contributed by atoms with Crippen LogP contribution in [-0.2, 0) is 6.54 Å². The van der Waals surface area contributed by atoms with Gasteiger partial charge in [-0.3, -0.25) is 0 Å². The van der Waals surface area contributed by atoms with Crippen molar-refractivity contribution in [2.24, 2.45) is 5.73 Å². The number of hydrogen-bond acceptors (Lipinski definition) is 2. The van der Waals surface area contributed by atoms with Crippen LogP contribution in [0.15, 0.2) is 6.07 Å². The normalized spacial score (nSPS) is 10.9. The summed E-state index contributed by atoms with van der Waals surface area (Å²) in [6.07, 6.45) is -2.78. The minimum Gasteiger partial charge on any atom is -0.326 e. The maximum absolute atomic E-state index is 12.8. The highest BCUT2D eigenvalue weighted by Crippen LogP contribution is 2.22. The number of nitrogens with zero attached hydrogens (tertiary/aromatic N) is 1. The minimum absolute atomic E-state index is 0.0617. The second kappa shape index (κ2) is 3.74. The molecule has 0 spiro atoms. The van der Waals surface area contributed by atoms with Crippen molar-refractivity contribution < 1.29 is 13.2 Å². The molecule has 1 heterocycles. The number of hydrogen-bond donors (Lipinski definition) is 1. The molecular weight excluding hydrogens is 181 g/mol. The van der Waals surface area contributed by atoms with Gasteiger partial charge >= 0.3 is 0 Å². The third kappa shape index (κ3) is 1.98. The summed E-state index contributed by atoms with van der Waals surface area (Å²) in [5, 5.41) is 0. The Morgan fingerprint density at radius 1 is 1.54 bits per heavy atom. The zero-order valence-corrected chi connectivity index (χ0v) is 7.02. The van der Waals surface area contributed by atoms with Crippen LogP contribution >= 0.6 is 0 Å². The Balaban J connectivity index is 3.25. The van der Waals surface area contributed by atoms with E-state index in [2.05, 4.69) is 4.98 Å². The molecule has 0 aliphatic rings. The standard InChI is InChI=1S/C8H9F3N2/c1-4-2-5(3-12)6(7(9)10)13-8(4)11/h2,7H,3,12H2,1H3. The smallest absolute Gasteiger partial charge is 0.280 e. The molecule has 72 valence electrons. The van der Waals surface area contributed by atoms with Crippen LogP contribution in [0.2, 0.25) is 0 Å². The van der Waals surface area contributed by atoms with Gasteiger partial charge in [0.15, 0.2) is 0 Å². The number of aryl methyl sites for hydroxylation is 1. The lowest BCUT2D eigenvalue weighted by atomic mass is 10.1. The summed E-state index contributed by atoms with van der Waals surface area (Å²) in [5.74, 6) is -0.868. The lowest BCUT2D eigenvalue weighted by Crippen LogP contribution is -2.07. The Labute approximate surface area is 73.6 Å². The van der Waals surface area contributed by atoms with Gasteiger partial charge in [-0.25, -0.2) is 13.8 Å². The Morgan fingerprint density at radius 3 is 2.62 bits per heavy atom. The third-order valence-corrected chi connectivity index (χ3v) is 1.69. The van der Waals surface area contributed by atoms with Gasteiger partial charge in [-0.15, -0.1) is 0 Å². The number of alkyl halides is 2. The molecule has 0 atom stereocenters. The van der Waals surface area contributed by atoms with Crippen molar-refractivity contribution in [2.75, 3.05) is 0 Å². The highest BCUT2D eigenvalue weighted by atomic mass is 19.3. The predicted octanol–water partition coefficient (Wildman–Crippen LogP) is 1.93. The van der Waals surface area contributed by atoms with Crippen LogP contribution in [0.5, 0.6) is 0 Å². The Hall–Kier alpha value is -1.10. The zero-order chi connectivity index (χ0) is 10.0.